The van der Waals surface area contributed by atoms with Gasteiger partial charge in [-0.1, -0.05) is 291 Å². The molecular weight excluding hydrogens is 1340 g/mol. The maximum absolute atomic E-state index is 14.8. The van der Waals surface area contributed by atoms with Gasteiger partial charge in [-0.25, -0.2) is 4.79 Å². The highest BCUT2D eigenvalue weighted by molar-refractivity contribution is 5.89. The van der Waals surface area contributed by atoms with E-state index in [0.29, 0.717) is 5.56 Å². The van der Waals surface area contributed by atoms with Crippen LogP contribution >= 0.6 is 0 Å². The summed E-state index contributed by atoms with van der Waals surface area (Å²) < 4.78 is 114. The molecule has 13 rings (SSSR count). The molecule has 0 aliphatic carbocycles. The van der Waals surface area contributed by atoms with Gasteiger partial charge >= 0.3 is 5.97 Å². The van der Waals surface area contributed by atoms with Crippen LogP contribution in [0.15, 0.2) is 303 Å². The summed E-state index contributed by atoms with van der Waals surface area (Å²) in [6.07, 6.45) is -15.7. The second kappa shape index (κ2) is 40.1. The fourth-order valence-electron chi connectivity index (χ4n) is 13.3. The quantitative estimate of drug-likeness (QED) is 0.0337. The molecule has 3 saturated heterocycles. The number of carbonyl (C=O) groups is 1. The average molecular weight is 1430 g/mol. The first-order chi connectivity index (χ1) is 52.4. The Hall–Kier alpha value is -8.93. The second-order valence-electron chi connectivity index (χ2n) is 26.4. The fourth-order valence-corrected chi connectivity index (χ4v) is 13.3. The lowest BCUT2D eigenvalue weighted by molar-refractivity contribution is -0.381. The van der Waals surface area contributed by atoms with Gasteiger partial charge in [-0.2, -0.15) is 0 Å². The Labute approximate surface area is 620 Å². The van der Waals surface area contributed by atoms with Crippen LogP contribution in [-0.4, -0.2) is 125 Å². The average Bonchev–Trinajstić information content (AvgIpc) is 0.769. The van der Waals surface area contributed by atoms with E-state index in [0.717, 1.165) is 50.1 Å². The van der Waals surface area contributed by atoms with Gasteiger partial charge in [-0.3, -0.25) is 0 Å². The maximum Gasteiger partial charge on any atom is 0.338 e. The van der Waals surface area contributed by atoms with Gasteiger partial charge in [0.25, 0.3) is 0 Å². The number of esters is 1. The van der Waals surface area contributed by atoms with Crippen molar-refractivity contribution in [1.29, 1.82) is 0 Å². The molecule has 0 N–H and O–H groups in total. The van der Waals surface area contributed by atoms with Gasteiger partial charge < -0.3 is 75.8 Å². The van der Waals surface area contributed by atoms with Crippen molar-refractivity contribution in [2.45, 2.75) is 152 Å². The number of benzene rings is 10. The van der Waals surface area contributed by atoms with E-state index in [-0.39, 0.29) is 79.3 Å². The van der Waals surface area contributed by atoms with E-state index >= 15 is 0 Å². The van der Waals surface area contributed by atoms with E-state index in [1.807, 2.05) is 279 Å². The van der Waals surface area contributed by atoms with Crippen molar-refractivity contribution in [1.82, 2.24) is 0 Å². The Balaban J connectivity index is 0.901. The predicted molar refractivity (Wildman–Crippen MR) is 397 cm³/mol. The van der Waals surface area contributed by atoms with Gasteiger partial charge in [0.15, 0.2) is 25.0 Å². The van der Waals surface area contributed by atoms with Crippen molar-refractivity contribution in [3.8, 4) is 0 Å². The smallest absolute Gasteiger partial charge is 0.338 e. The third-order valence-electron chi connectivity index (χ3n) is 18.8. The molecule has 0 saturated carbocycles. The summed E-state index contributed by atoms with van der Waals surface area (Å²) in [4.78, 5) is 14.8. The molecule has 10 aromatic rings. The number of ether oxygens (including phenoxy) is 16. The van der Waals surface area contributed by atoms with Crippen molar-refractivity contribution in [2.24, 2.45) is 0 Å². The van der Waals surface area contributed by atoms with Crippen LogP contribution < -0.4 is 0 Å². The van der Waals surface area contributed by atoms with Crippen molar-refractivity contribution in [3.05, 3.63) is 359 Å². The van der Waals surface area contributed by atoms with Crippen LogP contribution in [0.3, 0.4) is 0 Å². The molecule has 3 fully saturated rings. The number of hydrogen-bond acceptors (Lipinski definition) is 17. The van der Waals surface area contributed by atoms with Crippen molar-refractivity contribution < 1.29 is 80.6 Å². The van der Waals surface area contributed by atoms with Gasteiger partial charge in [-0.15, -0.1) is 0 Å². The summed E-state index contributed by atoms with van der Waals surface area (Å²) in [5.74, 6) is -0.639. The molecular formula is C89H92O17. The zero-order valence-electron chi connectivity index (χ0n) is 59.5. The summed E-state index contributed by atoms with van der Waals surface area (Å²) in [6, 6.07) is 97.9. The Kier molecular flexibility index (Phi) is 28.5. The number of rotatable bonds is 37. The van der Waals surface area contributed by atoms with E-state index < -0.39 is 98.1 Å². The minimum absolute atomic E-state index is 0.0188. The Morgan fingerprint density at radius 3 is 0.849 bits per heavy atom. The topological polar surface area (TPSA) is 165 Å². The summed E-state index contributed by atoms with van der Waals surface area (Å²) in [6.45, 7) is 1.34. The molecule has 550 valence electrons. The van der Waals surface area contributed by atoms with Crippen molar-refractivity contribution >= 4 is 5.97 Å². The molecule has 17 nitrogen and oxygen atoms in total. The summed E-state index contributed by atoms with van der Waals surface area (Å²) in [5, 5.41) is 0. The highest BCUT2D eigenvalue weighted by atomic mass is 16.8. The monoisotopic (exact) mass is 1430 g/mol. The van der Waals surface area contributed by atoms with Crippen molar-refractivity contribution in [2.75, 3.05) is 26.9 Å². The first-order valence-corrected chi connectivity index (χ1v) is 36.3. The van der Waals surface area contributed by atoms with Gasteiger partial charge in [-0.05, 0) is 62.2 Å². The maximum atomic E-state index is 14.8. The summed E-state index contributed by atoms with van der Waals surface area (Å²) >= 11 is 0. The minimum Gasteiger partial charge on any atom is -0.450 e. The number of carbonyl (C=O) groups excluding carboxylic acids is 1. The van der Waals surface area contributed by atoms with Crippen LogP contribution in [-0.2, 0) is 135 Å². The van der Waals surface area contributed by atoms with E-state index in [1.54, 1.807) is 31.4 Å². The third kappa shape index (κ3) is 21.7. The second-order valence-corrected chi connectivity index (χ2v) is 26.4. The Bertz CT molecular complexity index is 4070. The van der Waals surface area contributed by atoms with Crippen LogP contribution in [0.2, 0.25) is 0 Å². The molecule has 3 heterocycles. The minimum atomic E-state index is -1.37. The van der Waals surface area contributed by atoms with Gasteiger partial charge in [0, 0.05) is 7.11 Å². The Morgan fingerprint density at radius 1 is 0.255 bits per heavy atom. The summed E-state index contributed by atoms with van der Waals surface area (Å²) in [7, 11) is 1.56. The van der Waals surface area contributed by atoms with Gasteiger partial charge in [0.2, 0.25) is 0 Å². The van der Waals surface area contributed by atoms with Crippen LogP contribution in [0.25, 0.3) is 0 Å². The number of hydrogen-bond donors (Lipinski definition) is 0. The SMILES string of the molecule is CO[C@H]1O[C@H](CO[C@H]2O[C@H](COCc3ccccc3)[C@@H](OCc3ccccc3)[C@H](OCc3ccccc3)[C@@H]2OC(=O)c2ccccc2)[C@@H](OCc2ccccc2)[C@H](O[C@H]2O[C@H](COCc3ccccc3)[C@@H](OCc3ccccc3)[C@H](OCc3ccccc3)[C@@H]2OCc2ccccc2)[C@@H]1OCc1ccccc1. The zero-order chi connectivity index (χ0) is 72.2. The zero-order valence-corrected chi connectivity index (χ0v) is 59.5. The molecule has 10 aromatic carbocycles. The van der Waals surface area contributed by atoms with Crippen LogP contribution in [0.1, 0.15) is 60.4 Å². The Morgan fingerprint density at radius 2 is 0.509 bits per heavy atom. The lowest BCUT2D eigenvalue weighted by atomic mass is 9.95. The molecule has 3 aliphatic heterocycles. The first-order valence-electron chi connectivity index (χ1n) is 36.3. The third-order valence-corrected chi connectivity index (χ3v) is 18.8. The van der Waals surface area contributed by atoms with E-state index in [4.69, 9.17) is 75.8 Å². The van der Waals surface area contributed by atoms with Crippen LogP contribution in [0.5, 0.6) is 0 Å². The standard InChI is InChI=1S/C89H92O17/c1-91-87-84(100-60-72-48-28-10-29-49-72)82(106-89-83(99-59-71-46-26-9-27-47-71)80(97-57-69-42-22-7-23-43-69)77(94-54-66-36-16-4-17-37-66)75(104-89)62-93-53-65-34-14-3-15-35-65)79(96-56-68-40-20-6-21-41-68)76(102-87)63-101-88-85(105-86(90)73-50-30-11-31-51-73)81(98-58-70-44-24-8-25-45-70)78(95-55-67-38-18-5-19-39-67)74(103-88)61-92-52-64-32-12-2-13-33-64/h2-51,74-85,87-89H,52-63H2,1H3/t74-,75-,76-,77-,78-,79-,80+,81+,82+,83+,84+,85+,87+,88+,89-/m1/s1. The molecule has 0 unspecified atom stereocenters. The van der Waals surface area contributed by atoms with Gasteiger partial charge in [0.1, 0.15) is 67.1 Å². The predicted octanol–water partition coefficient (Wildman–Crippen LogP) is 15.0. The number of methoxy groups -OCH3 is 1. The largest absolute Gasteiger partial charge is 0.450 e. The highest BCUT2D eigenvalue weighted by Crippen LogP contribution is 2.39. The molecule has 106 heavy (non-hydrogen) atoms. The van der Waals surface area contributed by atoms with Crippen molar-refractivity contribution in [3.63, 3.8) is 0 Å². The lowest BCUT2D eigenvalue weighted by Gasteiger charge is -2.50. The lowest BCUT2D eigenvalue weighted by Crippen LogP contribution is -2.67. The molecule has 0 radical (unpaired) electrons. The van der Waals surface area contributed by atoms with Crippen LogP contribution in [0.4, 0.5) is 0 Å². The molecule has 17 heteroatoms. The molecule has 0 spiro atoms. The molecule has 0 bridgehead atoms. The first kappa shape index (κ1) is 75.3. The van der Waals surface area contributed by atoms with E-state index in [9.17, 15) is 4.79 Å². The van der Waals surface area contributed by atoms with E-state index in [1.165, 1.54) is 0 Å². The van der Waals surface area contributed by atoms with E-state index in [2.05, 4.69) is 0 Å². The molecule has 15 atom stereocenters. The normalized spacial score (nSPS) is 24.4. The van der Waals surface area contributed by atoms with Crippen LogP contribution in [0, 0.1) is 0 Å². The highest BCUT2D eigenvalue weighted by Gasteiger charge is 2.56. The fraction of sp³-hybridized carbons (Fsp3) is 0.315. The summed E-state index contributed by atoms with van der Waals surface area (Å²) in [5.41, 5.74) is 8.53. The molecule has 0 amide bonds. The molecule has 0 aromatic heterocycles. The molecule has 3 aliphatic rings. The van der Waals surface area contributed by atoms with Gasteiger partial charge in [0.05, 0.1) is 84.8 Å².